The van der Waals surface area contributed by atoms with Gasteiger partial charge in [-0.05, 0) is 12.2 Å². The Bertz CT molecular complexity index is 168. The highest BCUT2D eigenvalue weighted by Crippen LogP contribution is 1.98. The molecule has 0 spiro atoms. The quantitative estimate of drug-likeness (QED) is 0.512. The minimum Gasteiger partial charge on any atom is -0.499 e. The summed E-state index contributed by atoms with van der Waals surface area (Å²) in [7, 11) is 1.65. The van der Waals surface area contributed by atoms with Crippen LogP contribution < -0.4 is 0 Å². The number of hydrogen-bond acceptors (Lipinski definition) is 2. The average molecular weight is 123 g/mol. The van der Waals surface area contributed by atoms with E-state index in [9.17, 15) is 0 Å². The van der Waals surface area contributed by atoms with Crippen LogP contribution in [0.2, 0.25) is 0 Å². The minimum absolute atomic E-state index is 0.656. The van der Waals surface area contributed by atoms with E-state index in [2.05, 4.69) is 4.99 Å². The third-order valence-corrected chi connectivity index (χ3v) is 1.09. The van der Waals surface area contributed by atoms with Crippen molar-refractivity contribution in [2.45, 2.75) is 0 Å². The second kappa shape index (κ2) is 3.07. The molecule has 2 heteroatoms. The summed E-state index contributed by atoms with van der Waals surface area (Å²) in [5.41, 5.74) is 0. The first-order valence-corrected chi connectivity index (χ1v) is 2.83. The van der Waals surface area contributed by atoms with E-state index in [1.54, 1.807) is 13.3 Å². The van der Waals surface area contributed by atoms with Crippen LogP contribution in [-0.2, 0) is 4.74 Å². The minimum atomic E-state index is 0.656. The Hall–Kier alpha value is -1.05. The van der Waals surface area contributed by atoms with Gasteiger partial charge in [0.25, 0.3) is 0 Å². The predicted octanol–water partition coefficient (Wildman–Crippen LogP) is 1.16. The molecular formula is C7H9NO. The molecule has 0 unspecified atom stereocenters. The first-order chi connectivity index (χ1) is 4.43. The summed E-state index contributed by atoms with van der Waals surface area (Å²) in [6.07, 6.45) is 7.47. The highest BCUT2D eigenvalue weighted by Gasteiger charge is 1.91. The van der Waals surface area contributed by atoms with Crippen molar-refractivity contribution >= 4 is 6.21 Å². The summed E-state index contributed by atoms with van der Waals surface area (Å²) < 4.78 is 4.97. The number of allylic oxidation sites excluding steroid dienone is 3. The summed E-state index contributed by atoms with van der Waals surface area (Å²) >= 11 is 0. The van der Waals surface area contributed by atoms with Gasteiger partial charge in [-0.1, -0.05) is 6.08 Å². The third kappa shape index (κ3) is 1.72. The molecule has 0 atom stereocenters. The van der Waals surface area contributed by atoms with Gasteiger partial charge in [-0.15, -0.1) is 0 Å². The lowest BCUT2D eigenvalue weighted by atomic mass is 10.4. The first kappa shape index (κ1) is 6.08. The van der Waals surface area contributed by atoms with Gasteiger partial charge in [0.15, 0.2) is 0 Å². The first-order valence-electron chi connectivity index (χ1n) is 2.83. The third-order valence-electron chi connectivity index (χ3n) is 1.09. The van der Waals surface area contributed by atoms with E-state index >= 15 is 0 Å². The molecule has 48 valence electrons. The van der Waals surface area contributed by atoms with Gasteiger partial charge in [-0.25, -0.2) is 0 Å². The predicted molar refractivity (Wildman–Crippen MR) is 37.6 cm³/mol. The Kier molecular flexibility index (Phi) is 2.07. The second-order valence-corrected chi connectivity index (χ2v) is 1.71. The summed E-state index contributed by atoms with van der Waals surface area (Å²) in [5, 5.41) is 0. The van der Waals surface area contributed by atoms with Gasteiger partial charge in [-0.3, -0.25) is 4.99 Å². The molecule has 0 amide bonds. The lowest BCUT2D eigenvalue weighted by Gasteiger charge is -1.97. The number of nitrogens with zero attached hydrogens (tertiary/aromatic N) is 1. The average Bonchev–Trinajstić information content (AvgIpc) is 2.13. The summed E-state index contributed by atoms with van der Waals surface area (Å²) in [6, 6.07) is 0. The maximum atomic E-state index is 4.97. The van der Waals surface area contributed by atoms with E-state index in [4.69, 9.17) is 4.74 Å². The van der Waals surface area contributed by atoms with E-state index in [0.717, 1.165) is 5.76 Å². The van der Waals surface area contributed by atoms with E-state index in [1.807, 2.05) is 18.2 Å². The summed E-state index contributed by atoms with van der Waals surface area (Å²) in [4.78, 5) is 4.02. The molecule has 0 aliphatic carbocycles. The van der Waals surface area contributed by atoms with Crippen LogP contribution in [0.25, 0.3) is 0 Å². The summed E-state index contributed by atoms with van der Waals surface area (Å²) in [5.74, 6) is 0.903. The van der Waals surface area contributed by atoms with Crippen LogP contribution in [0.3, 0.4) is 0 Å². The zero-order valence-corrected chi connectivity index (χ0v) is 5.37. The van der Waals surface area contributed by atoms with Gasteiger partial charge >= 0.3 is 0 Å². The molecule has 0 bridgehead atoms. The van der Waals surface area contributed by atoms with Crippen LogP contribution in [0.5, 0.6) is 0 Å². The number of hydrogen-bond donors (Lipinski definition) is 0. The highest BCUT2D eigenvalue weighted by molar-refractivity contribution is 5.72. The molecule has 0 fully saturated rings. The van der Waals surface area contributed by atoms with Crippen LogP contribution in [0.4, 0.5) is 0 Å². The second-order valence-electron chi connectivity index (χ2n) is 1.71. The number of methoxy groups -OCH3 is 1. The van der Waals surface area contributed by atoms with Gasteiger partial charge in [0, 0.05) is 6.21 Å². The Balaban J connectivity index is 2.62. The van der Waals surface area contributed by atoms with Crippen LogP contribution in [-0.4, -0.2) is 19.9 Å². The summed E-state index contributed by atoms with van der Waals surface area (Å²) in [6.45, 7) is 0.656. The molecule has 1 aliphatic heterocycles. The normalized spacial score (nSPS) is 16.8. The van der Waals surface area contributed by atoms with Crippen molar-refractivity contribution in [3.05, 3.63) is 24.0 Å². The lowest BCUT2D eigenvalue weighted by molar-refractivity contribution is 0.287. The van der Waals surface area contributed by atoms with E-state index in [1.165, 1.54) is 0 Å². The van der Waals surface area contributed by atoms with Gasteiger partial charge < -0.3 is 4.74 Å². The number of aliphatic imine (C=N–C) groups is 1. The van der Waals surface area contributed by atoms with Crippen molar-refractivity contribution < 1.29 is 4.74 Å². The Morgan fingerprint density at radius 1 is 1.56 bits per heavy atom. The molecule has 2 nitrogen and oxygen atoms in total. The topological polar surface area (TPSA) is 21.6 Å². The monoisotopic (exact) mass is 123 g/mol. The zero-order chi connectivity index (χ0) is 6.53. The zero-order valence-electron chi connectivity index (χ0n) is 5.37. The fraction of sp³-hybridized carbons (Fsp3) is 0.286. The fourth-order valence-corrected chi connectivity index (χ4v) is 0.601. The Morgan fingerprint density at radius 2 is 2.44 bits per heavy atom. The molecular weight excluding hydrogens is 114 g/mol. The fourth-order valence-electron chi connectivity index (χ4n) is 0.601. The maximum Gasteiger partial charge on any atom is 0.117 e. The molecule has 1 aliphatic rings. The highest BCUT2D eigenvalue weighted by atomic mass is 16.5. The van der Waals surface area contributed by atoms with Gasteiger partial charge in [-0.2, -0.15) is 0 Å². The van der Waals surface area contributed by atoms with Crippen LogP contribution in [0.15, 0.2) is 29.0 Å². The standard InChI is InChI=1S/C7H9NO/c1-9-7-4-2-3-5-8-6-7/h2-5H,6H2,1H3. The SMILES string of the molecule is COC1=CC=CC=NC1. The van der Waals surface area contributed by atoms with Gasteiger partial charge in [0.05, 0.1) is 13.7 Å². The van der Waals surface area contributed by atoms with Crippen molar-refractivity contribution in [1.82, 2.24) is 0 Å². The molecule has 0 aromatic rings. The molecule has 0 aromatic heterocycles. The van der Waals surface area contributed by atoms with Crippen LogP contribution in [0.1, 0.15) is 0 Å². The van der Waals surface area contributed by atoms with Gasteiger partial charge in [0.2, 0.25) is 0 Å². The van der Waals surface area contributed by atoms with Crippen molar-refractivity contribution in [3.63, 3.8) is 0 Å². The van der Waals surface area contributed by atoms with Crippen LogP contribution >= 0.6 is 0 Å². The van der Waals surface area contributed by atoms with Gasteiger partial charge in [0.1, 0.15) is 5.76 Å². The molecule has 1 heterocycles. The van der Waals surface area contributed by atoms with Crippen molar-refractivity contribution in [2.24, 2.45) is 4.99 Å². The Labute approximate surface area is 54.6 Å². The number of rotatable bonds is 1. The molecule has 0 aromatic carbocycles. The van der Waals surface area contributed by atoms with Crippen LogP contribution in [0, 0.1) is 0 Å². The maximum absolute atomic E-state index is 4.97. The Morgan fingerprint density at radius 3 is 3.22 bits per heavy atom. The molecule has 0 N–H and O–H groups in total. The lowest BCUT2D eigenvalue weighted by Crippen LogP contribution is -1.89. The van der Waals surface area contributed by atoms with E-state index in [-0.39, 0.29) is 0 Å². The smallest absolute Gasteiger partial charge is 0.117 e. The molecule has 0 saturated heterocycles. The van der Waals surface area contributed by atoms with Crippen molar-refractivity contribution in [1.29, 1.82) is 0 Å². The molecule has 0 saturated carbocycles. The van der Waals surface area contributed by atoms with E-state index < -0.39 is 0 Å². The largest absolute Gasteiger partial charge is 0.499 e. The van der Waals surface area contributed by atoms with Crippen molar-refractivity contribution in [2.75, 3.05) is 13.7 Å². The molecule has 1 rings (SSSR count). The number of ether oxygens (including phenoxy) is 1. The van der Waals surface area contributed by atoms with E-state index in [0.29, 0.717) is 6.54 Å². The van der Waals surface area contributed by atoms with Crippen molar-refractivity contribution in [3.8, 4) is 0 Å². The molecule has 0 radical (unpaired) electrons. The molecule has 9 heavy (non-hydrogen) atoms.